The maximum Gasteiger partial charge on any atom is 0.270 e. The quantitative estimate of drug-likeness (QED) is 0.569. The van der Waals surface area contributed by atoms with E-state index in [9.17, 15) is 23.5 Å². The van der Waals surface area contributed by atoms with Gasteiger partial charge in [0, 0.05) is 22.8 Å². The van der Waals surface area contributed by atoms with Crippen LogP contribution in [0.5, 0.6) is 5.75 Å². The molecule has 0 unspecified atom stereocenters. The smallest absolute Gasteiger partial charge is 0.270 e. The Morgan fingerprint density at radius 1 is 1.21 bits per heavy atom. The summed E-state index contributed by atoms with van der Waals surface area (Å²) in [6.45, 7) is -0.924. The van der Waals surface area contributed by atoms with Gasteiger partial charge in [-0.05, 0) is 29.8 Å². The van der Waals surface area contributed by atoms with E-state index in [0.29, 0.717) is 11.6 Å². The molecule has 0 atom stereocenters. The fourth-order valence-electron chi connectivity index (χ4n) is 2.78. The first-order valence-corrected chi connectivity index (χ1v) is 8.72. The molecule has 0 bridgehead atoms. The molecule has 0 aliphatic rings. The Morgan fingerprint density at radius 3 is 2.62 bits per heavy atom. The van der Waals surface area contributed by atoms with E-state index in [4.69, 9.17) is 22.1 Å². The fraction of sp³-hybridized carbons (Fsp3) is 0.100. The van der Waals surface area contributed by atoms with Crippen LogP contribution in [0.15, 0.2) is 47.3 Å². The van der Waals surface area contributed by atoms with Gasteiger partial charge < -0.3 is 20.6 Å². The summed E-state index contributed by atoms with van der Waals surface area (Å²) >= 11 is 6.12. The largest absolute Gasteiger partial charge is 0.486 e. The number of pyridine rings is 1. The number of aliphatic hydroxyl groups excluding tert-OH is 1. The number of carbonyl (C=O) groups is 1. The first kappa shape index (κ1) is 20.5. The number of nitrogens with one attached hydrogen (secondary N) is 1. The lowest BCUT2D eigenvalue weighted by molar-refractivity contribution is 0.100. The van der Waals surface area contributed by atoms with Crippen molar-refractivity contribution in [1.82, 2.24) is 4.98 Å². The Balaban J connectivity index is 2.12. The van der Waals surface area contributed by atoms with Gasteiger partial charge in [-0.15, -0.1) is 0 Å². The third-order valence-corrected chi connectivity index (χ3v) is 4.52. The molecule has 0 fully saturated rings. The molecule has 150 valence electrons. The van der Waals surface area contributed by atoms with Gasteiger partial charge in [0.1, 0.15) is 23.3 Å². The van der Waals surface area contributed by atoms with Crippen LogP contribution < -0.4 is 16.0 Å². The van der Waals surface area contributed by atoms with Gasteiger partial charge in [-0.2, -0.15) is 0 Å². The van der Waals surface area contributed by atoms with E-state index in [0.717, 1.165) is 6.07 Å². The number of carbonyl (C=O) groups excluding carboxylic acids is 1. The zero-order chi connectivity index (χ0) is 21.1. The lowest BCUT2D eigenvalue weighted by Gasteiger charge is -2.17. The molecule has 0 spiro atoms. The van der Waals surface area contributed by atoms with E-state index in [1.54, 1.807) is 12.1 Å². The van der Waals surface area contributed by atoms with Crippen molar-refractivity contribution in [3.63, 3.8) is 0 Å². The number of H-pyrrole nitrogens is 1. The van der Waals surface area contributed by atoms with Gasteiger partial charge in [-0.3, -0.25) is 9.59 Å². The molecule has 1 heterocycles. The van der Waals surface area contributed by atoms with Crippen LogP contribution in [0.4, 0.5) is 8.78 Å². The van der Waals surface area contributed by atoms with Gasteiger partial charge in [0.15, 0.2) is 5.75 Å². The summed E-state index contributed by atoms with van der Waals surface area (Å²) in [5, 5.41) is 9.37. The second-order valence-electron chi connectivity index (χ2n) is 6.08. The van der Waals surface area contributed by atoms with E-state index in [-0.39, 0.29) is 39.8 Å². The predicted octanol–water partition coefficient (Wildman–Crippen LogP) is 3.14. The molecule has 3 aromatic rings. The van der Waals surface area contributed by atoms with Crippen molar-refractivity contribution in [3.05, 3.63) is 86.3 Å². The zero-order valence-electron chi connectivity index (χ0n) is 14.8. The normalized spacial score (nSPS) is 10.8. The molecule has 1 aromatic heterocycles. The highest BCUT2D eigenvalue weighted by Crippen LogP contribution is 2.37. The van der Waals surface area contributed by atoms with Gasteiger partial charge in [0.05, 0.1) is 12.3 Å². The molecule has 2 aromatic carbocycles. The number of hydrogen-bond donors (Lipinski definition) is 3. The number of primary amides is 1. The molecular weight excluding hydrogens is 406 g/mol. The summed E-state index contributed by atoms with van der Waals surface area (Å²) < 4.78 is 32.6. The third kappa shape index (κ3) is 4.28. The van der Waals surface area contributed by atoms with E-state index in [1.807, 2.05) is 0 Å². The number of ether oxygens (including phenoxy) is 1. The standard InChI is InChI=1S/C20H15ClF2N2O4/c21-17-18(29-9-12-4-5-13(22)7-14(12)23)16(15(8-26)25-20(17)28)10-2-1-3-11(6-10)19(24)27/h1-7,26H,8-9H2,(H2,24,27)(H,25,28). The third-order valence-electron chi connectivity index (χ3n) is 4.17. The Labute approximate surface area is 168 Å². The number of nitrogens with two attached hydrogens (primary N) is 1. The highest BCUT2D eigenvalue weighted by molar-refractivity contribution is 6.32. The first-order chi connectivity index (χ1) is 13.8. The number of hydrogen-bond acceptors (Lipinski definition) is 4. The summed E-state index contributed by atoms with van der Waals surface area (Å²) in [6, 6.07) is 9.06. The minimum Gasteiger partial charge on any atom is -0.486 e. The molecule has 9 heteroatoms. The van der Waals surface area contributed by atoms with Gasteiger partial charge in [-0.1, -0.05) is 23.7 Å². The number of aliphatic hydroxyl groups is 1. The molecule has 0 aliphatic carbocycles. The molecule has 1 amide bonds. The molecular formula is C20H15ClF2N2O4. The van der Waals surface area contributed by atoms with Crippen LogP contribution in [-0.2, 0) is 13.2 Å². The van der Waals surface area contributed by atoms with Crippen LogP contribution in [0.25, 0.3) is 11.1 Å². The van der Waals surface area contributed by atoms with Crippen LogP contribution in [0.1, 0.15) is 21.6 Å². The second kappa shape index (κ2) is 8.42. The van der Waals surface area contributed by atoms with Crippen LogP contribution in [0, 0.1) is 11.6 Å². The average molecular weight is 421 g/mol. The summed E-state index contributed by atoms with van der Waals surface area (Å²) in [6.07, 6.45) is 0. The highest BCUT2D eigenvalue weighted by atomic mass is 35.5. The minimum atomic E-state index is -0.828. The molecule has 0 saturated carbocycles. The monoisotopic (exact) mass is 420 g/mol. The van der Waals surface area contributed by atoms with Crippen LogP contribution in [-0.4, -0.2) is 16.0 Å². The van der Waals surface area contributed by atoms with Gasteiger partial charge in [0.25, 0.3) is 5.56 Å². The van der Waals surface area contributed by atoms with Crippen molar-refractivity contribution in [2.75, 3.05) is 0 Å². The Morgan fingerprint density at radius 2 is 1.97 bits per heavy atom. The summed E-state index contributed by atoms with van der Waals surface area (Å²) in [5.74, 6) is -2.37. The highest BCUT2D eigenvalue weighted by Gasteiger charge is 2.20. The van der Waals surface area contributed by atoms with E-state index >= 15 is 0 Å². The van der Waals surface area contributed by atoms with Crippen molar-refractivity contribution in [3.8, 4) is 16.9 Å². The van der Waals surface area contributed by atoms with E-state index < -0.39 is 29.7 Å². The molecule has 0 aliphatic heterocycles. The molecule has 0 saturated heterocycles. The molecule has 0 radical (unpaired) electrons. The molecule has 29 heavy (non-hydrogen) atoms. The SMILES string of the molecule is NC(=O)c1cccc(-c2c(CO)[nH]c(=O)c(Cl)c2OCc2ccc(F)cc2F)c1. The van der Waals surface area contributed by atoms with E-state index in [1.165, 1.54) is 18.2 Å². The maximum absolute atomic E-state index is 13.9. The van der Waals surface area contributed by atoms with Crippen LogP contribution in [0.2, 0.25) is 5.02 Å². The summed E-state index contributed by atoms with van der Waals surface area (Å²) in [4.78, 5) is 26.1. The number of halogens is 3. The lowest BCUT2D eigenvalue weighted by atomic mass is 10.0. The summed E-state index contributed by atoms with van der Waals surface area (Å²) in [5.41, 5.74) is 5.48. The van der Waals surface area contributed by atoms with Crippen LogP contribution in [0.3, 0.4) is 0 Å². The maximum atomic E-state index is 13.9. The Bertz CT molecular complexity index is 1150. The van der Waals surface area contributed by atoms with Gasteiger partial charge in [-0.25, -0.2) is 8.78 Å². The van der Waals surface area contributed by atoms with E-state index in [2.05, 4.69) is 4.98 Å². The first-order valence-electron chi connectivity index (χ1n) is 8.34. The Kier molecular flexibility index (Phi) is 5.95. The number of aromatic nitrogens is 1. The van der Waals surface area contributed by atoms with Crippen molar-refractivity contribution < 1.29 is 23.4 Å². The molecule has 3 rings (SSSR count). The average Bonchev–Trinajstić information content (AvgIpc) is 2.69. The lowest BCUT2D eigenvalue weighted by Crippen LogP contribution is -2.15. The minimum absolute atomic E-state index is 0.0325. The topological polar surface area (TPSA) is 105 Å². The number of amides is 1. The predicted molar refractivity (Wildman–Crippen MR) is 103 cm³/mol. The van der Waals surface area contributed by atoms with Crippen molar-refractivity contribution in [2.45, 2.75) is 13.2 Å². The van der Waals surface area contributed by atoms with Crippen molar-refractivity contribution in [2.24, 2.45) is 5.73 Å². The summed E-state index contributed by atoms with van der Waals surface area (Å²) in [7, 11) is 0. The zero-order valence-corrected chi connectivity index (χ0v) is 15.6. The number of aromatic amines is 1. The van der Waals surface area contributed by atoms with Gasteiger partial charge in [0.2, 0.25) is 5.91 Å². The van der Waals surface area contributed by atoms with Crippen LogP contribution >= 0.6 is 11.6 Å². The van der Waals surface area contributed by atoms with Crippen molar-refractivity contribution >= 4 is 17.5 Å². The molecule has 6 nitrogen and oxygen atoms in total. The number of rotatable bonds is 6. The molecule has 4 N–H and O–H groups in total. The number of benzene rings is 2. The second-order valence-corrected chi connectivity index (χ2v) is 6.46. The fourth-order valence-corrected chi connectivity index (χ4v) is 2.98. The van der Waals surface area contributed by atoms with Crippen molar-refractivity contribution in [1.29, 1.82) is 0 Å². The Hall–Kier alpha value is -3.23. The van der Waals surface area contributed by atoms with Gasteiger partial charge >= 0.3 is 0 Å².